The van der Waals surface area contributed by atoms with Crippen LogP contribution in [0.3, 0.4) is 0 Å². The fourth-order valence-corrected chi connectivity index (χ4v) is 7.09. The van der Waals surface area contributed by atoms with E-state index in [0.29, 0.717) is 0 Å². The molecule has 0 bridgehead atoms. The lowest BCUT2D eigenvalue weighted by Crippen LogP contribution is -2.17. The smallest absolute Gasteiger partial charge is 0.0582 e. The molecule has 4 aromatic carbocycles. The van der Waals surface area contributed by atoms with Crippen molar-refractivity contribution < 1.29 is 0 Å². The normalized spacial score (nSPS) is 16.7. The van der Waals surface area contributed by atoms with Gasteiger partial charge in [0, 0.05) is 34.4 Å². The molecule has 2 heterocycles. The summed E-state index contributed by atoms with van der Waals surface area (Å²) in [5.41, 5.74) is 10.2. The van der Waals surface area contributed by atoms with Crippen LogP contribution >= 0.6 is 0 Å². The first-order valence-corrected chi connectivity index (χ1v) is 12.1. The lowest BCUT2D eigenvalue weighted by atomic mass is 9.78. The third-order valence-corrected chi connectivity index (χ3v) is 8.56. The van der Waals surface area contributed by atoms with Crippen molar-refractivity contribution in [2.45, 2.75) is 38.5 Å². The second kappa shape index (κ2) is 5.64. The predicted octanol–water partition coefficient (Wildman–Crippen LogP) is 7.99. The van der Waals surface area contributed by atoms with Gasteiger partial charge in [-0.3, -0.25) is 9.97 Å². The van der Waals surface area contributed by atoms with Crippen molar-refractivity contribution in [1.29, 1.82) is 0 Å². The molecular weight excluding hydrogens is 412 g/mol. The Hall–Kier alpha value is -3.78. The second-order valence-corrected chi connectivity index (χ2v) is 11.1. The van der Waals surface area contributed by atoms with E-state index in [-0.39, 0.29) is 10.8 Å². The molecule has 0 aliphatic heterocycles. The zero-order valence-corrected chi connectivity index (χ0v) is 19.8. The van der Waals surface area contributed by atoms with E-state index in [1.165, 1.54) is 77.1 Å². The molecule has 0 saturated carbocycles. The molecule has 0 amide bonds. The van der Waals surface area contributed by atoms with Gasteiger partial charge in [0.15, 0.2) is 0 Å². The van der Waals surface area contributed by atoms with Crippen molar-refractivity contribution in [3.63, 3.8) is 0 Å². The highest BCUT2D eigenvalue weighted by molar-refractivity contribution is 6.28. The molecule has 2 aromatic heterocycles. The Morgan fingerprint density at radius 3 is 1.97 bits per heavy atom. The fourth-order valence-electron chi connectivity index (χ4n) is 7.09. The molecule has 2 heteroatoms. The number of benzene rings is 4. The Morgan fingerprint density at radius 1 is 0.588 bits per heavy atom. The van der Waals surface area contributed by atoms with Gasteiger partial charge in [0.25, 0.3) is 0 Å². The fraction of sp³-hybridized carbons (Fsp3) is 0.188. The average molecular weight is 437 g/mol. The number of hydrogen-bond donors (Lipinski definition) is 0. The lowest BCUT2D eigenvalue weighted by Gasteiger charge is -2.24. The zero-order valence-electron chi connectivity index (χ0n) is 19.8. The van der Waals surface area contributed by atoms with Crippen molar-refractivity contribution in [3.8, 4) is 22.3 Å². The third-order valence-electron chi connectivity index (χ3n) is 8.56. The Balaban J connectivity index is 1.58. The maximum absolute atomic E-state index is 4.83. The average Bonchev–Trinajstić information content (AvgIpc) is 3.22. The highest BCUT2D eigenvalue weighted by Crippen LogP contribution is 2.56. The van der Waals surface area contributed by atoms with Crippen LogP contribution in [0.15, 0.2) is 73.1 Å². The maximum atomic E-state index is 4.83. The van der Waals surface area contributed by atoms with Gasteiger partial charge < -0.3 is 0 Å². The Morgan fingerprint density at radius 2 is 1.21 bits per heavy atom. The standard InChI is InChI=1S/C32H24N2/c1-31(2)24-16-18-10-9-17-15-23-19-7-5-13-33-29(19)32(3,4)28(23)21-12-11-20(25(18)26(17)21)27(24)22-8-6-14-34-30(22)31/h5-16H,1-4H3. The van der Waals surface area contributed by atoms with E-state index in [1.54, 1.807) is 0 Å². The van der Waals surface area contributed by atoms with Crippen molar-refractivity contribution >= 4 is 32.3 Å². The van der Waals surface area contributed by atoms with Gasteiger partial charge >= 0.3 is 0 Å². The quantitative estimate of drug-likeness (QED) is 0.226. The van der Waals surface area contributed by atoms with Crippen LogP contribution in [0.1, 0.15) is 50.2 Å². The SMILES string of the molecule is CC1(C)c2cc3ccc4cc5c(c6ccc(c2-c2cccnc21)c3c46)C(C)(C)c1ncccc1-5. The summed E-state index contributed by atoms with van der Waals surface area (Å²) < 4.78 is 0. The van der Waals surface area contributed by atoms with Crippen LogP contribution < -0.4 is 0 Å². The molecule has 6 aromatic rings. The van der Waals surface area contributed by atoms with Gasteiger partial charge in [-0.05, 0) is 78.8 Å². The minimum absolute atomic E-state index is 0.104. The van der Waals surface area contributed by atoms with Gasteiger partial charge in [0.2, 0.25) is 0 Å². The first kappa shape index (κ1) is 18.6. The molecule has 2 aliphatic rings. The summed E-state index contributed by atoms with van der Waals surface area (Å²) in [6.07, 6.45) is 3.86. The molecule has 0 N–H and O–H groups in total. The van der Waals surface area contributed by atoms with Crippen LogP contribution in [0.2, 0.25) is 0 Å². The summed E-state index contributed by atoms with van der Waals surface area (Å²) in [7, 11) is 0. The van der Waals surface area contributed by atoms with Crippen LogP contribution in [0, 0.1) is 0 Å². The number of hydrogen-bond acceptors (Lipinski definition) is 2. The Bertz CT molecular complexity index is 1860. The summed E-state index contributed by atoms with van der Waals surface area (Å²) in [5, 5.41) is 8.09. The first-order chi connectivity index (χ1) is 16.4. The van der Waals surface area contributed by atoms with Gasteiger partial charge in [-0.1, -0.05) is 64.1 Å². The van der Waals surface area contributed by atoms with Gasteiger partial charge in [-0.25, -0.2) is 0 Å². The molecule has 8 rings (SSSR count). The molecule has 0 saturated heterocycles. The molecule has 2 aliphatic carbocycles. The summed E-state index contributed by atoms with van der Waals surface area (Å²) in [6, 6.07) is 22.8. The predicted molar refractivity (Wildman–Crippen MR) is 141 cm³/mol. The second-order valence-electron chi connectivity index (χ2n) is 11.1. The summed E-state index contributed by atoms with van der Waals surface area (Å²) >= 11 is 0. The Kier molecular flexibility index (Phi) is 3.09. The number of nitrogens with zero attached hydrogens (tertiary/aromatic N) is 2. The largest absolute Gasteiger partial charge is 0.260 e. The molecule has 0 radical (unpaired) electrons. The molecular formula is C32H24N2. The first-order valence-electron chi connectivity index (χ1n) is 12.1. The Labute approximate surface area is 198 Å². The number of rotatable bonds is 0. The highest BCUT2D eigenvalue weighted by atomic mass is 14.7. The van der Waals surface area contributed by atoms with E-state index < -0.39 is 0 Å². The van der Waals surface area contributed by atoms with Crippen molar-refractivity contribution in [2.24, 2.45) is 0 Å². The number of aromatic nitrogens is 2. The molecule has 0 unspecified atom stereocenters. The zero-order chi connectivity index (χ0) is 23.0. The van der Waals surface area contributed by atoms with Crippen LogP contribution in [0.5, 0.6) is 0 Å². The van der Waals surface area contributed by atoms with E-state index in [2.05, 4.69) is 88.4 Å². The van der Waals surface area contributed by atoms with Crippen LogP contribution in [-0.4, -0.2) is 9.97 Å². The van der Waals surface area contributed by atoms with Gasteiger partial charge in [0.1, 0.15) is 0 Å². The lowest BCUT2D eigenvalue weighted by molar-refractivity contribution is 0.638. The summed E-state index contributed by atoms with van der Waals surface area (Å²) in [6.45, 7) is 9.26. The molecule has 0 fully saturated rings. The van der Waals surface area contributed by atoms with Gasteiger partial charge in [0.05, 0.1) is 11.4 Å². The van der Waals surface area contributed by atoms with E-state index in [0.717, 1.165) is 0 Å². The van der Waals surface area contributed by atoms with Crippen LogP contribution in [-0.2, 0) is 10.8 Å². The number of pyridine rings is 2. The van der Waals surface area contributed by atoms with Gasteiger partial charge in [-0.2, -0.15) is 0 Å². The van der Waals surface area contributed by atoms with E-state index in [1.807, 2.05) is 12.4 Å². The van der Waals surface area contributed by atoms with Gasteiger partial charge in [-0.15, -0.1) is 0 Å². The third kappa shape index (κ3) is 1.93. The van der Waals surface area contributed by atoms with Crippen molar-refractivity contribution in [3.05, 3.63) is 95.6 Å². The monoisotopic (exact) mass is 436 g/mol. The topological polar surface area (TPSA) is 25.8 Å². The van der Waals surface area contributed by atoms with E-state index in [4.69, 9.17) is 9.97 Å². The van der Waals surface area contributed by atoms with Crippen molar-refractivity contribution in [2.75, 3.05) is 0 Å². The molecule has 2 nitrogen and oxygen atoms in total. The minimum atomic E-state index is -0.130. The summed E-state index contributed by atoms with van der Waals surface area (Å²) in [5.74, 6) is 0. The molecule has 34 heavy (non-hydrogen) atoms. The van der Waals surface area contributed by atoms with E-state index in [9.17, 15) is 0 Å². The molecule has 0 atom stereocenters. The van der Waals surface area contributed by atoms with Crippen LogP contribution in [0.25, 0.3) is 54.6 Å². The van der Waals surface area contributed by atoms with E-state index >= 15 is 0 Å². The number of fused-ring (bicyclic) bond motifs is 8. The summed E-state index contributed by atoms with van der Waals surface area (Å²) in [4.78, 5) is 9.66. The highest BCUT2D eigenvalue weighted by Gasteiger charge is 2.40. The maximum Gasteiger partial charge on any atom is 0.0582 e. The van der Waals surface area contributed by atoms with Crippen molar-refractivity contribution in [1.82, 2.24) is 9.97 Å². The molecule has 0 spiro atoms. The van der Waals surface area contributed by atoms with Crippen LogP contribution in [0.4, 0.5) is 0 Å². The minimum Gasteiger partial charge on any atom is -0.260 e. The molecule has 162 valence electrons.